The molecule has 0 saturated carbocycles. The van der Waals surface area contributed by atoms with E-state index in [1.165, 1.54) is 34.9 Å². The highest BCUT2D eigenvalue weighted by Gasteiger charge is 2.14. The van der Waals surface area contributed by atoms with Gasteiger partial charge in [-0.3, -0.25) is 14.9 Å². The number of hydrogen-bond donors (Lipinski definition) is 0. The van der Waals surface area contributed by atoms with Crippen molar-refractivity contribution in [1.82, 2.24) is 4.90 Å². The van der Waals surface area contributed by atoms with E-state index in [1.54, 1.807) is 7.05 Å². The Morgan fingerprint density at radius 1 is 1.26 bits per heavy atom. The summed E-state index contributed by atoms with van der Waals surface area (Å²) >= 11 is 7.50. The minimum absolute atomic E-state index is 0.0380. The lowest BCUT2D eigenvalue weighted by Gasteiger charge is -2.17. The van der Waals surface area contributed by atoms with Crippen LogP contribution in [0.2, 0.25) is 5.02 Å². The number of halogens is 1. The molecule has 0 atom stereocenters. The first kappa shape index (κ1) is 17.3. The second-order valence-electron chi connectivity index (χ2n) is 4.88. The predicted octanol–water partition coefficient (Wildman–Crippen LogP) is 4.00. The predicted molar refractivity (Wildman–Crippen MR) is 91.7 cm³/mol. The molecule has 0 aliphatic heterocycles. The van der Waals surface area contributed by atoms with Crippen LogP contribution in [0.4, 0.5) is 5.69 Å². The van der Waals surface area contributed by atoms with Gasteiger partial charge < -0.3 is 4.90 Å². The molecule has 0 saturated heterocycles. The van der Waals surface area contributed by atoms with Gasteiger partial charge >= 0.3 is 0 Å². The van der Waals surface area contributed by atoms with Gasteiger partial charge in [-0.2, -0.15) is 0 Å². The third-order valence-corrected chi connectivity index (χ3v) is 4.54. The molecule has 0 aromatic heterocycles. The van der Waals surface area contributed by atoms with Gasteiger partial charge in [0, 0.05) is 35.6 Å². The van der Waals surface area contributed by atoms with E-state index < -0.39 is 4.92 Å². The second kappa shape index (κ2) is 7.99. The van der Waals surface area contributed by atoms with E-state index in [4.69, 9.17) is 11.6 Å². The normalized spacial score (nSPS) is 10.3. The van der Waals surface area contributed by atoms with Crippen molar-refractivity contribution in [3.63, 3.8) is 0 Å². The van der Waals surface area contributed by atoms with Gasteiger partial charge in [0.05, 0.1) is 10.7 Å². The van der Waals surface area contributed by atoms with Gasteiger partial charge in [0.1, 0.15) is 0 Å². The number of carbonyl (C=O) groups is 1. The summed E-state index contributed by atoms with van der Waals surface area (Å²) in [7, 11) is 1.66. The van der Waals surface area contributed by atoms with Crippen molar-refractivity contribution in [3.05, 3.63) is 69.2 Å². The summed E-state index contributed by atoms with van der Waals surface area (Å²) in [6.07, 6.45) is 0. The average molecular weight is 351 g/mol. The monoisotopic (exact) mass is 350 g/mol. The van der Waals surface area contributed by atoms with Gasteiger partial charge in [-0.05, 0) is 23.8 Å². The molecular weight excluding hydrogens is 336 g/mol. The highest BCUT2D eigenvalue weighted by Crippen LogP contribution is 2.24. The molecule has 0 N–H and O–H groups in total. The topological polar surface area (TPSA) is 63.4 Å². The molecular formula is C16H15ClN2O3S. The molecule has 0 spiro atoms. The fourth-order valence-electron chi connectivity index (χ4n) is 1.91. The Labute approximate surface area is 143 Å². The number of benzene rings is 2. The van der Waals surface area contributed by atoms with Crippen molar-refractivity contribution >= 4 is 35.0 Å². The lowest BCUT2D eigenvalue weighted by Crippen LogP contribution is -2.27. The number of nitro benzene ring substituents is 1. The maximum absolute atomic E-state index is 12.2. The minimum atomic E-state index is -0.479. The number of carbonyl (C=O) groups excluding carboxylic acids is 1. The van der Waals surface area contributed by atoms with Crippen LogP contribution < -0.4 is 0 Å². The van der Waals surface area contributed by atoms with Gasteiger partial charge in [0.25, 0.3) is 5.69 Å². The van der Waals surface area contributed by atoms with E-state index in [0.717, 1.165) is 4.90 Å². The zero-order chi connectivity index (χ0) is 16.8. The molecule has 2 aromatic carbocycles. The van der Waals surface area contributed by atoms with Gasteiger partial charge in [0.15, 0.2) is 0 Å². The van der Waals surface area contributed by atoms with Crippen LogP contribution in [0.5, 0.6) is 0 Å². The van der Waals surface area contributed by atoms with Crippen molar-refractivity contribution in [2.24, 2.45) is 0 Å². The molecule has 0 fully saturated rings. The van der Waals surface area contributed by atoms with Crippen LogP contribution in [-0.4, -0.2) is 28.5 Å². The minimum Gasteiger partial charge on any atom is -0.341 e. The van der Waals surface area contributed by atoms with Gasteiger partial charge in [-0.1, -0.05) is 29.8 Å². The molecule has 23 heavy (non-hydrogen) atoms. The molecule has 2 aromatic rings. The maximum atomic E-state index is 12.2. The van der Waals surface area contributed by atoms with Crippen LogP contribution in [0, 0.1) is 10.1 Å². The molecule has 0 unspecified atom stereocenters. The quantitative estimate of drug-likeness (QED) is 0.449. The van der Waals surface area contributed by atoms with E-state index in [-0.39, 0.29) is 18.1 Å². The SMILES string of the molecule is CN(Cc1cc([N+](=O)[O-])ccc1Cl)C(=O)CSc1ccccc1. The van der Waals surface area contributed by atoms with Crippen molar-refractivity contribution in [1.29, 1.82) is 0 Å². The number of nitrogens with zero attached hydrogens (tertiary/aromatic N) is 2. The number of thioether (sulfide) groups is 1. The average Bonchev–Trinajstić information content (AvgIpc) is 2.55. The molecule has 7 heteroatoms. The van der Waals surface area contributed by atoms with Gasteiger partial charge in [0.2, 0.25) is 5.91 Å². The Hall–Kier alpha value is -2.05. The smallest absolute Gasteiger partial charge is 0.269 e. The fourth-order valence-corrected chi connectivity index (χ4v) is 2.95. The van der Waals surface area contributed by atoms with E-state index in [0.29, 0.717) is 16.3 Å². The van der Waals surface area contributed by atoms with E-state index in [1.807, 2.05) is 30.3 Å². The summed E-state index contributed by atoms with van der Waals surface area (Å²) in [5.74, 6) is 0.231. The second-order valence-corrected chi connectivity index (χ2v) is 6.34. The number of hydrogen-bond acceptors (Lipinski definition) is 4. The number of non-ortho nitro benzene ring substituents is 1. The van der Waals surface area contributed by atoms with Crippen molar-refractivity contribution in [2.45, 2.75) is 11.4 Å². The number of amides is 1. The maximum Gasteiger partial charge on any atom is 0.269 e. The fraction of sp³-hybridized carbons (Fsp3) is 0.188. The molecule has 0 heterocycles. The Morgan fingerprint density at radius 2 is 1.96 bits per heavy atom. The molecule has 2 rings (SSSR count). The van der Waals surface area contributed by atoms with Crippen LogP contribution in [0.15, 0.2) is 53.4 Å². The summed E-state index contributed by atoms with van der Waals surface area (Å²) in [6, 6.07) is 13.9. The molecule has 0 bridgehead atoms. The first-order chi connectivity index (χ1) is 11.0. The Bertz CT molecular complexity index is 710. The number of rotatable bonds is 6. The highest BCUT2D eigenvalue weighted by molar-refractivity contribution is 8.00. The third-order valence-electron chi connectivity index (χ3n) is 3.18. The van der Waals surface area contributed by atoms with Crippen LogP contribution in [0.25, 0.3) is 0 Å². The lowest BCUT2D eigenvalue weighted by atomic mass is 10.2. The van der Waals surface area contributed by atoms with E-state index in [2.05, 4.69) is 0 Å². The molecule has 1 amide bonds. The highest BCUT2D eigenvalue weighted by atomic mass is 35.5. The lowest BCUT2D eigenvalue weighted by molar-refractivity contribution is -0.384. The molecule has 0 radical (unpaired) electrons. The zero-order valence-electron chi connectivity index (χ0n) is 12.4. The Balaban J connectivity index is 1.98. The third kappa shape index (κ3) is 4.97. The summed E-state index contributed by atoms with van der Waals surface area (Å²) in [4.78, 5) is 25.1. The van der Waals surface area contributed by atoms with Crippen LogP contribution >= 0.6 is 23.4 Å². The van der Waals surface area contributed by atoms with Crippen LogP contribution in [0.1, 0.15) is 5.56 Å². The van der Waals surface area contributed by atoms with Crippen LogP contribution in [0.3, 0.4) is 0 Å². The van der Waals surface area contributed by atoms with Crippen molar-refractivity contribution in [3.8, 4) is 0 Å². The largest absolute Gasteiger partial charge is 0.341 e. The van der Waals surface area contributed by atoms with Crippen LogP contribution in [-0.2, 0) is 11.3 Å². The Kier molecular flexibility index (Phi) is 6.01. The van der Waals surface area contributed by atoms with Gasteiger partial charge in [-0.15, -0.1) is 11.8 Å². The Morgan fingerprint density at radius 3 is 2.61 bits per heavy atom. The van der Waals surface area contributed by atoms with E-state index >= 15 is 0 Å². The first-order valence-corrected chi connectivity index (χ1v) is 8.18. The molecule has 0 aliphatic carbocycles. The van der Waals surface area contributed by atoms with Crippen molar-refractivity contribution in [2.75, 3.05) is 12.8 Å². The zero-order valence-corrected chi connectivity index (χ0v) is 14.0. The summed E-state index contributed by atoms with van der Waals surface area (Å²) < 4.78 is 0. The summed E-state index contributed by atoms with van der Waals surface area (Å²) in [6.45, 7) is 0.231. The first-order valence-electron chi connectivity index (χ1n) is 6.82. The molecule has 5 nitrogen and oxygen atoms in total. The molecule has 120 valence electrons. The summed E-state index contributed by atoms with van der Waals surface area (Å²) in [5, 5.41) is 11.2. The number of nitro groups is 1. The van der Waals surface area contributed by atoms with E-state index in [9.17, 15) is 14.9 Å². The van der Waals surface area contributed by atoms with Gasteiger partial charge in [-0.25, -0.2) is 0 Å². The summed E-state index contributed by atoms with van der Waals surface area (Å²) in [5.41, 5.74) is 0.519. The van der Waals surface area contributed by atoms with Crippen molar-refractivity contribution < 1.29 is 9.72 Å². The standard InChI is InChI=1S/C16H15ClN2O3S/c1-18(16(20)11-23-14-5-3-2-4-6-14)10-12-9-13(19(21)22)7-8-15(12)17/h2-9H,10-11H2,1H3. The molecule has 0 aliphatic rings.